The number of halogens is 2. The molecule has 2 aromatic carbocycles. The minimum atomic E-state index is -0.849. The third kappa shape index (κ3) is 5.10. The number of para-hydroxylation sites is 1. The summed E-state index contributed by atoms with van der Waals surface area (Å²) >= 11 is 9.58. The summed E-state index contributed by atoms with van der Waals surface area (Å²) in [5.41, 5.74) is 2.49. The van der Waals surface area contributed by atoms with Gasteiger partial charge >= 0.3 is 5.97 Å². The lowest BCUT2D eigenvalue weighted by Gasteiger charge is -2.23. The van der Waals surface area contributed by atoms with E-state index in [1.165, 1.54) is 11.3 Å². The highest BCUT2D eigenvalue weighted by Gasteiger charge is 2.36. The molecule has 5 rings (SSSR count). The number of aliphatic carboxylic acids is 1. The Morgan fingerprint density at radius 2 is 2.03 bits per heavy atom. The summed E-state index contributed by atoms with van der Waals surface area (Å²) in [4.78, 5) is 16.5. The van der Waals surface area contributed by atoms with Crippen LogP contribution in [0.4, 0.5) is 4.39 Å². The molecule has 1 N–H and O–H groups in total. The van der Waals surface area contributed by atoms with Crippen molar-refractivity contribution in [2.24, 2.45) is 0 Å². The van der Waals surface area contributed by atoms with Crippen LogP contribution in [0.3, 0.4) is 0 Å². The van der Waals surface area contributed by atoms with Crippen LogP contribution in [0, 0.1) is 0 Å². The molecule has 1 aliphatic rings. The number of carboxylic acid groups (broad SMARTS) is 1. The van der Waals surface area contributed by atoms with Gasteiger partial charge in [-0.1, -0.05) is 23.7 Å². The van der Waals surface area contributed by atoms with Crippen LogP contribution in [0.2, 0.25) is 5.02 Å². The first kappa shape index (κ1) is 26.5. The maximum atomic E-state index is 14.1. The summed E-state index contributed by atoms with van der Waals surface area (Å²) in [7, 11) is 3.19. The third-order valence-electron chi connectivity index (χ3n) is 6.24. The molecule has 3 heterocycles. The molecule has 8 nitrogen and oxygen atoms in total. The van der Waals surface area contributed by atoms with Gasteiger partial charge in [0.2, 0.25) is 0 Å². The SMILES string of the molecule is COc1cccc([C@@H]2S[C@@H](Cc3ncc(CCC(=O)O)s3)c3nnc(CF)n3-c3ccc(Cl)cc32)c1OC. The first-order chi connectivity index (χ1) is 18.4. The second-order valence-corrected chi connectivity index (χ2v) is 11.5. The molecule has 0 fully saturated rings. The molecule has 0 spiro atoms. The van der Waals surface area contributed by atoms with Gasteiger partial charge in [0.05, 0.1) is 41.8 Å². The van der Waals surface area contributed by atoms with Crippen LogP contribution in [0.1, 0.15) is 49.6 Å². The number of hydrogen-bond acceptors (Lipinski definition) is 8. The number of carboxylic acids is 1. The first-order valence-electron chi connectivity index (χ1n) is 11.7. The van der Waals surface area contributed by atoms with Crippen LogP contribution in [-0.4, -0.2) is 45.0 Å². The number of nitrogens with zero attached hydrogens (tertiary/aromatic N) is 4. The van der Waals surface area contributed by atoms with Crippen LogP contribution in [0.25, 0.3) is 5.69 Å². The minimum absolute atomic E-state index is 0.0434. The average molecular weight is 575 g/mol. The highest BCUT2D eigenvalue weighted by molar-refractivity contribution is 8.00. The average Bonchev–Trinajstić information content (AvgIpc) is 3.53. The highest BCUT2D eigenvalue weighted by Crippen LogP contribution is 2.53. The first-order valence-corrected chi connectivity index (χ1v) is 13.9. The lowest BCUT2D eigenvalue weighted by Crippen LogP contribution is -2.08. The summed E-state index contributed by atoms with van der Waals surface area (Å²) in [5, 5.41) is 18.5. The van der Waals surface area contributed by atoms with Crippen LogP contribution >= 0.6 is 34.7 Å². The standard InChI is InChI=1S/C26H24ClFN4O4S2/c1-35-19-5-3-4-16(24(19)36-2)25-17-10-14(27)6-8-18(17)32-21(12-28)30-31-26(32)20(38-25)11-22-29-13-15(37-22)7-9-23(33)34/h3-6,8,10,13,20,25H,7,9,11-12H2,1-2H3,(H,33,34)/t20-,25-/m0/s1. The smallest absolute Gasteiger partial charge is 0.303 e. The van der Waals surface area contributed by atoms with E-state index in [4.69, 9.17) is 26.2 Å². The van der Waals surface area contributed by atoms with Crippen molar-refractivity contribution in [3.8, 4) is 17.2 Å². The molecule has 0 saturated carbocycles. The molecule has 4 aromatic rings. The molecule has 0 saturated heterocycles. The summed E-state index contributed by atoms with van der Waals surface area (Å²) in [6, 6.07) is 11.2. The van der Waals surface area contributed by atoms with E-state index in [9.17, 15) is 9.18 Å². The monoisotopic (exact) mass is 574 g/mol. The van der Waals surface area contributed by atoms with Gasteiger partial charge in [-0.3, -0.25) is 9.36 Å². The van der Waals surface area contributed by atoms with Crippen molar-refractivity contribution in [3.63, 3.8) is 0 Å². The number of alkyl halides is 1. The van der Waals surface area contributed by atoms with Gasteiger partial charge in [-0.2, -0.15) is 0 Å². The van der Waals surface area contributed by atoms with E-state index >= 15 is 0 Å². The number of thioether (sulfide) groups is 1. The number of carbonyl (C=O) groups is 1. The summed E-state index contributed by atoms with van der Waals surface area (Å²) in [5.74, 6) is 1.16. The number of fused-ring (bicyclic) bond motifs is 3. The van der Waals surface area contributed by atoms with Crippen molar-refractivity contribution in [1.29, 1.82) is 0 Å². The molecule has 0 unspecified atom stereocenters. The van der Waals surface area contributed by atoms with E-state index in [0.29, 0.717) is 35.2 Å². The predicted molar refractivity (Wildman–Crippen MR) is 145 cm³/mol. The molecule has 0 aliphatic carbocycles. The van der Waals surface area contributed by atoms with Crippen LogP contribution in [0.15, 0.2) is 42.6 Å². The summed E-state index contributed by atoms with van der Waals surface area (Å²) < 4.78 is 27.3. The molecule has 198 valence electrons. The Morgan fingerprint density at radius 3 is 2.76 bits per heavy atom. The largest absolute Gasteiger partial charge is 0.493 e. The fourth-order valence-corrected chi connectivity index (χ4v) is 7.35. The van der Waals surface area contributed by atoms with Gasteiger partial charge in [0.1, 0.15) is 6.67 Å². The van der Waals surface area contributed by atoms with E-state index in [2.05, 4.69) is 15.2 Å². The predicted octanol–water partition coefficient (Wildman–Crippen LogP) is 6.00. The molecule has 2 aromatic heterocycles. The van der Waals surface area contributed by atoms with Crippen molar-refractivity contribution >= 4 is 40.7 Å². The van der Waals surface area contributed by atoms with Crippen molar-refractivity contribution in [1.82, 2.24) is 19.7 Å². The van der Waals surface area contributed by atoms with Crippen LogP contribution in [-0.2, 0) is 24.3 Å². The van der Waals surface area contributed by atoms with E-state index in [1.807, 2.05) is 30.3 Å². The Hall–Kier alpha value is -3.15. The van der Waals surface area contributed by atoms with Gasteiger partial charge in [0.25, 0.3) is 0 Å². The van der Waals surface area contributed by atoms with Crippen LogP contribution < -0.4 is 9.47 Å². The molecule has 38 heavy (non-hydrogen) atoms. The zero-order chi connectivity index (χ0) is 26.8. The number of hydrogen-bond donors (Lipinski definition) is 1. The lowest BCUT2D eigenvalue weighted by molar-refractivity contribution is -0.136. The van der Waals surface area contributed by atoms with Crippen molar-refractivity contribution in [2.45, 2.75) is 36.4 Å². The minimum Gasteiger partial charge on any atom is -0.493 e. The summed E-state index contributed by atoms with van der Waals surface area (Å²) in [6.45, 7) is -0.782. The molecular weight excluding hydrogens is 551 g/mol. The van der Waals surface area contributed by atoms with Gasteiger partial charge in [-0.25, -0.2) is 9.37 Å². The maximum absolute atomic E-state index is 14.1. The van der Waals surface area contributed by atoms with Gasteiger partial charge in [0.15, 0.2) is 23.1 Å². The summed E-state index contributed by atoms with van der Waals surface area (Å²) in [6.07, 6.45) is 2.68. The van der Waals surface area contributed by atoms with Crippen molar-refractivity contribution in [3.05, 3.63) is 80.3 Å². The fraction of sp³-hybridized carbons (Fsp3) is 0.308. The Kier molecular flexibility index (Phi) is 7.87. The van der Waals surface area contributed by atoms with Gasteiger partial charge in [-0.05, 0) is 36.2 Å². The Bertz CT molecular complexity index is 1480. The fourth-order valence-electron chi connectivity index (χ4n) is 4.57. The van der Waals surface area contributed by atoms with Gasteiger partial charge < -0.3 is 14.6 Å². The number of aryl methyl sites for hydroxylation is 1. The molecule has 0 amide bonds. The van der Waals surface area contributed by atoms with E-state index in [1.54, 1.807) is 42.8 Å². The molecular formula is C26H24ClFN4O4S2. The number of aromatic nitrogens is 4. The second-order valence-electron chi connectivity index (χ2n) is 8.55. The van der Waals surface area contributed by atoms with Crippen molar-refractivity contribution < 1.29 is 23.8 Å². The number of ether oxygens (including phenoxy) is 2. The van der Waals surface area contributed by atoms with E-state index in [-0.39, 0.29) is 22.7 Å². The number of methoxy groups -OCH3 is 2. The normalized spacial score (nSPS) is 16.4. The van der Waals surface area contributed by atoms with E-state index < -0.39 is 12.6 Å². The molecule has 1 aliphatic heterocycles. The Balaban J connectivity index is 1.64. The number of benzene rings is 2. The molecule has 0 bridgehead atoms. The molecule has 2 atom stereocenters. The quantitative estimate of drug-likeness (QED) is 0.260. The van der Waals surface area contributed by atoms with Crippen LogP contribution in [0.5, 0.6) is 11.5 Å². The van der Waals surface area contributed by atoms with Crippen molar-refractivity contribution in [2.75, 3.05) is 14.2 Å². The lowest BCUT2D eigenvalue weighted by atomic mass is 10.0. The zero-order valence-corrected chi connectivity index (χ0v) is 22.9. The molecule has 0 radical (unpaired) electrons. The zero-order valence-electron chi connectivity index (χ0n) is 20.6. The Morgan fingerprint density at radius 1 is 1.18 bits per heavy atom. The van der Waals surface area contributed by atoms with Gasteiger partial charge in [0, 0.05) is 28.1 Å². The Labute approximate surface area is 231 Å². The topological polar surface area (TPSA) is 99.4 Å². The maximum Gasteiger partial charge on any atom is 0.303 e. The number of thiazole rings is 1. The second kappa shape index (κ2) is 11.3. The van der Waals surface area contributed by atoms with E-state index in [0.717, 1.165) is 26.7 Å². The van der Waals surface area contributed by atoms with Gasteiger partial charge in [-0.15, -0.1) is 33.3 Å². The number of rotatable bonds is 9. The third-order valence-corrected chi connectivity index (χ3v) is 9.04. The molecule has 12 heteroatoms. The highest BCUT2D eigenvalue weighted by atomic mass is 35.5.